The molecule has 0 fully saturated rings. The Morgan fingerprint density at radius 2 is 0.554 bits per heavy atom. The average molecular weight is 911 g/mol. The van der Waals surface area contributed by atoms with Gasteiger partial charge in [0.05, 0.1) is 0 Å². The Bertz CT molecular complexity index is 1140. The molecular formula is C59H106O6. The minimum atomic E-state index is -0.781. The molecule has 0 aromatic carbocycles. The number of esters is 3. The van der Waals surface area contributed by atoms with Crippen LogP contribution in [0.1, 0.15) is 290 Å². The standard InChI is InChI=1S/C59H106O6/c1-4-7-10-13-16-19-22-24-26-28-30-32-33-35-37-40-43-46-49-52-58(61)64-55-56(54-63-57(60)51-48-45-42-39-21-18-15-12-9-6-3)65-59(62)53-50-47-44-41-38-36-34-31-29-27-25-23-20-17-14-11-8-5-2/h17,20,23,25,27,29,31,34,56H,4-16,18-19,21-22,24,26,28,30,32-33,35-55H2,1-3H3/b20-17-,25-23-,29-27-,34-31-. The van der Waals surface area contributed by atoms with Gasteiger partial charge in [0, 0.05) is 19.3 Å². The third-order valence-electron chi connectivity index (χ3n) is 12.4. The predicted octanol–water partition coefficient (Wildman–Crippen LogP) is 18.7. The van der Waals surface area contributed by atoms with Crippen molar-refractivity contribution in [2.24, 2.45) is 0 Å². The van der Waals surface area contributed by atoms with Crippen LogP contribution in [-0.2, 0) is 28.6 Å². The Labute approximate surface area is 403 Å². The largest absolute Gasteiger partial charge is 0.462 e. The fourth-order valence-electron chi connectivity index (χ4n) is 8.16. The van der Waals surface area contributed by atoms with Crippen LogP contribution in [0, 0.1) is 0 Å². The third kappa shape index (κ3) is 52.2. The van der Waals surface area contributed by atoms with E-state index >= 15 is 0 Å². The molecule has 0 aliphatic heterocycles. The fraction of sp³-hybridized carbons (Fsp3) is 0.814. The molecule has 1 atom stereocenters. The summed E-state index contributed by atoms with van der Waals surface area (Å²) >= 11 is 0. The van der Waals surface area contributed by atoms with Gasteiger partial charge < -0.3 is 14.2 Å². The molecule has 0 aromatic heterocycles. The molecule has 0 saturated heterocycles. The van der Waals surface area contributed by atoms with Crippen molar-refractivity contribution in [1.29, 1.82) is 0 Å². The molecule has 0 N–H and O–H groups in total. The zero-order valence-corrected chi connectivity index (χ0v) is 43.3. The Kier molecular flexibility index (Phi) is 51.8. The Morgan fingerprint density at radius 3 is 0.892 bits per heavy atom. The topological polar surface area (TPSA) is 78.9 Å². The number of hydrogen-bond donors (Lipinski definition) is 0. The highest BCUT2D eigenvalue weighted by atomic mass is 16.6. The molecule has 0 heterocycles. The summed E-state index contributed by atoms with van der Waals surface area (Å²) in [7, 11) is 0. The van der Waals surface area contributed by atoms with Gasteiger partial charge in [-0.3, -0.25) is 14.4 Å². The quantitative estimate of drug-likeness (QED) is 0.0262. The van der Waals surface area contributed by atoms with Crippen LogP contribution in [0.2, 0.25) is 0 Å². The van der Waals surface area contributed by atoms with Crippen molar-refractivity contribution in [2.45, 2.75) is 297 Å². The highest BCUT2D eigenvalue weighted by Gasteiger charge is 2.19. The monoisotopic (exact) mass is 911 g/mol. The van der Waals surface area contributed by atoms with Crippen LogP contribution in [0.4, 0.5) is 0 Å². The van der Waals surface area contributed by atoms with E-state index in [1.165, 1.54) is 167 Å². The van der Waals surface area contributed by atoms with E-state index in [1.54, 1.807) is 0 Å². The lowest BCUT2D eigenvalue weighted by atomic mass is 10.0. The summed E-state index contributed by atoms with van der Waals surface area (Å²) in [6, 6.07) is 0. The van der Waals surface area contributed by atoms with Crippen LogP contribution in [0.15, 0.2) is 48.6 Å². The van der Waals surface area contributed by atoms with Crippen molar-refractivity contribution in [3.63, 3.8) is 0 Å². The first-order valence-electron chi connectivity index (χ1n) is 28.2. The van der Waals surface area contributed by atoms with Gasteiger partial charge >= 0.3 is 17.9 Å². The molecule has 378 valence electrons. The van der Waals surface area contributed by atoms with E-state index in [-0.39, 0.29) is 31.1 Å². The highest BCUT2D eigenvalue weighted by Crippen LogP contribution is 2.16. The number of allylic oxidation sites excluding steroid dienone is 8. The fourth-order valence-corrected chi connectivity index (χ4v) is 8.16. The summed E-state index contributed by atoms with van der Waals surface area (Å²) < 4.78 is 16.8. The Morgan fingerprint density at radius 1 is 0.308 bits per heavy atom. The van der Waals surface area contributed by atoms with Crippen LogP contribution in [0.5, 0.6) is 0 Å². The lowest BCUT2D eigenvalue weighted by Crippen LogP contribution is -2.30. The molecule has 0 rings (SSSR count). The van der Waals surface area contributed by atoms with E-state index in [9.17, 15) is 14.4 Å². The number of ether oxygens (including phenoxy) is 3. The lowest BCUT2D eigenvalue weighted by molar-refractivity contribution is -0.167. The van der Waals surface area contributed by atoms with Crippen molar-refractivity contribution >= 4 is 17.9 Å². The Hall–Kier alpha value is -2.63. The van der Waals surface area contributed by atoms with Gasteiger partial charge in [0.25, 0.3) is 0 Å². The summed E-state index contributed by atoms with van der Waals surface area (Å²) in [5.41, 5.74) is 0. The molecule has 1 unspecified atom stereocenters. The normalized spacial score (nSPS) is 12.4. The van der Waals surface area contributed by atoms with Gasteiger partial charge in [-0.2, -0.15) is 0 Å². The van der Waals surface area contributed by atoms with Crippen LogP contribution >= 0.6 is 0 Å². The van der Waals surface area contributed by atoms with Crippen LogP contribution in [-0.4, -0.2) is 37.2 Å². The molecule has 0 bridgehead atoms. The van der Waals surface area contributed by atoms with Crippen molar-refractivity contribution in [1.82, 2.24) is 0 Å². The average Bonchev–Trinajstić information content (AvgIpc) is 3.30. The first-order chi connectivity index (χ1) is 32.0. The minimum Gasteiger partial charge on any atom is -0.462 e. The van der Waals surface area contributed by atoms with Gasteiger partial charge in [0.15, 0.2) is 6.10 Å². The molecule has 0 saturated carbocycles. The van der Waals surface area contributed by atoms with E-state index in [0.717, 1.165) is 83.5 Å². The molecule has 0 amide bonds. The minimum absolute atomic E-state index is 0.0790. The first-order valence-corrected chi connectivity index (χ1v) is 28.2. The number of rotatable bonds is 51. The summed E-state index contributed by atoms with van der Waals surface area (Å²) in [6.07, 6.45) is 65.3. The second-order valence-electron chi connectivity index (χ2n) is 19.0. The number of carbonyl (C=O) groups is 3. The zero-order chi connectivity index (χ0) is 47.2. The molecule has 6 nitrogen and oxygen atoms in total. The lowest BCUT2D eigenvalue weighted by Gasteiger charge is -2.18. The maximum Gasteiger partial charge on any atom is 0.306 e. The maximum absolute atomic E-state index is 12.8. The second kappa shape index (κ2) is 54.0. The van der Waals surface area contributed by atoms with E-state index in [0.29, 0.717) is 19.3 Å². The molecule has 0 spiro atoms. The molecule has 0 aromatic rings. The van der Waals surface area contributed by atoms with Crippen molar-refractivity contribution < 1.29 is 28.6 Å². The number of carbonyl (C=O) groups excluding carboxylic acids is 3. The molecular weight excluding hydrogens is 805 g/mol. The first kappa shape index (κ1) is 62.4. The smallest absolute Gasteiger partial charge is 0.306 e. The zero-order valence-electron chi connectivity index (χ0n) is 43.3. The molecule has 0 aliphatic rings. The van der Waals surface area contributed by atoms with Gasteiger partial charge in [-0.15, -0.1) is 0 Å². The predicted molar refractivity (Wildman–Crippen MR) is 279 cm³/mol. The molecule has 6 heteroatoms. The summed E-state index contributed by atoms with van der Waals surface area (Å²) in [6.45, 7) is 6.60. The summed E-state index contributed by atoms with van der Waals surface area (Å²) in [5, 5.41) is 0. The summed E-state index contributed by atoms with van der Waals surface area (Å²) in [5.74, 6) is -0.889. The SMILES string of the molecule is CCCCC\C=C/C=C\C=C/C=C\CCCCCCCC(=O)OC(COC(=O)CCCCCCCCCCCC)COC(=O)CCCCCCCCCCCCCCCCCCCCC. The Balaban J connectivity index is 4.33. The number of hydrogen-bond acceptors (Lipinski definition) is 6. The highest BCUT2D eigenvalue weighted by molar-refractivity contribution is 5.71. The van der Waals surface area contributed by atoms with Crippen LogP contribution < -0.4 is 0 Å². The van der Waals surface area contributed by atoms with Gasteiger partial charge in [0.1, 0.15) is 13.2 Å². The van der Waals surface area contributed by atoms with E-state index in [1.807, 2.05) is 0 Å². The molecule has 0 aliphatic carbocycles. The van der Waals surface area contributed by atoms with E-state index < -0.39 is 6.10 Å². The molecule has 65 heavy (non-hydrogen) atoms. The maximum atomic E-state index is 12.8. The van der Waals surface area contributed by atoms with Crippen molar-refractivity contribution in [3.05, 3.63) is 48.6 Å². The number of unbranched alkanes of at least 4 members (excludes halogenated alkanes) is 35. The van der Waals surface area contributed by atoms with Crippen LogP contribution in [0.25, 0.3) is 0 Å². The van der Waals surface area contributed by atoms with Gasteiger partial charge in [-0.1, -0.05) is 275 Å². The molecule has 0 radical (unpaired) electrons. The van der Waals surface area contributed by atoms with Crippen LogP contribution in [0.3, 0.4) is 0 Å². The van der Waals surface area contributed by atoms with Gasteiger partial charge in [-0.05, 0) is 44.9 Å². The second-order valence-corrected chi connectivity index (χ2v) is 19.0. The third-order valence-corrected chi connectivity index (χ3v) is 12.4. The van der Waals surface area contributed by atoms with Gasteiger partial charge in [0.2, 0.25) is 0 Å². The van der Waals surface area contributed by atoms with E-state index in [2.05, 4.69) is 69.4 Å². The van der Waals surface area contributed by atoms with Gasteiger partial charge in [-0.25, -0.2) is 0 Å². The van der Waals surface area contributed by atoms with Crippen molar-refractivity contribution in [3.8, 4) is 0 Å². The summed E-state index contributed by atoms with van der Waals surface area (Å²) in [4.78, 5) is 38.0. The van der Waals surface area contributed by atoms with Crippen molar-refractivity contribution in [2.75, 3.05) is 13.2 Å². The van der Waals surface area contributed by atoms with E-state index in [4.69, 9.17) is 14.2 Å².